The Morgan fingerprint density at radius 3 is 3.26 bits per heavy atom. The van der Waals surface area contributed by atoms with Gasteiger partial charge in [-0.2, -0.15) is 0 Å². The van der Waals surface area contributed by atoms with Crippen LogP contribution in [-0.2, 0) is 11.3 Å². The van der Waals surface area contributed by atoms with Crippen molar-refractivity contribution >= 4 is 17.3 Å². The number of aromatic nitrogens is 1. The molecule has 0 amide bonds. The van der Waals surface area contributed by atoms with Gasteiger partial charge in [-0.1, -0.05) is 0 Å². The lowest BCUT2D eigenvalue weighted by Gasteiger charge is -2.19. The molecule has 0 aromatic carbocycles. The maximum Gasteiger partial charge on any atom is 0.320 e. The van der Waals surface area contributed by atoms with Crippen molar-refractivity contribution in [1.29, 1.82) is 0 Å². The van der Waals surface area contributed by atoms with E-state index in [-0.39, 0.29) is 6.04 Å². The predicted octanol–water partition coefficient (Wildman–Crippen LogP) is 2.45. The summed E-state index contributed by atoms with van der Waals surface area (Å²) in [5.74, 6) is -0.734. The molecule has 1 atom stereocenters. The summed E-state index contributed by atoms with van der Waals surface area (Å²) in [4.78, 5) is 17.6. The lowest BCUT2D eigenvalue weighted by molar-refractivity contribution is -0.142. The molecule has 1 unspecified atom stereocenters. The molecule has 1 aliphatic heterocycles. The number of likely N-dealkylation sites (tertiary alicyclic amines) is 1. The Labute approximate surface area is 114 Å². The molecule has 3 heterocycles. The first-order valence-corrected chi connectivity index (χ1v) is 7.06. The molecular formula is C13H14N2O3S. The lowest BCUT2D eigenvalue weighted by Crippen LogP contribution is -2.35. The first-order chi connectivity index (χ1) is 9.24. The van der Waals surface area contributed by atoms with E-state index in [1.165, 1.54) is 0 Å². The molecule has 0 radical (unpaired) electrons. The summed E-state index contributed by atoms with van der Waals surface area (Å²) < 4.78 is 5.04. The van der Waals surface area contributed by atoms with Gasteiger partial charge in [0, 0.05) is 17.5 Å². The van der Waals surface area contributed by atoms with Gasteiger partial charge >= 0.3 is 5.97 Å². The summed E-state index contributed by atoms with van der Waals surface area (Å²) in [5.41, 5.74) is 1.89. The second kappa shape index (κ2) is 5.14. The van der Waals surface area contributed by atoms with E-state index in [4.69, 9.17) is 9.52 Å². The van der Waals surface area contributed by atoms with Gasteiger partial charge in [0.15, 0.2) is 0 Å². The van der Waals surface area contributed by atoms with Gasteiger partial charge in [0.25, 0.3) is 0 Å². The average Bonchev–Trinajstić information content (AvgIpc) is 3.09. The third-order valence-electron chi connectivity index (χ3n) is 3.33. The minimum atomic E-state index is -0.734. The summed E-state index contributed by atoms with van der Waals surface area (Å²) >= 11 is 1.56. The van der Waals surface area contributed by atoms with Crippen LogP contribution in [0.25, 0.3) is 10.6 Å². The summed E-state index contributed by atoms with van der Waals surface area (Å²) in [6.07, 6.45) is 4.96. The van der Waals surface area contributed by atoms with E-state index in [2.05, 4.69) is 4.98 Å². The Morgan fingerprint density at radius 2 is 2.53 bits per heavy atom. The van der Waals surface area contributed by atoms with Gasteiger partial charge < -0.3 is 9.52 Å². The van der Waals surface area contributed by atoms with Crippen molar-refractivity contribution in [1.82, 2.24) is 9.88 Å². The summed E-state index contributed by atoms with van der Waals surface area (Å²) in [6, 6.07) is 1.51. The Morgan fingerprint density at radius 1 is 1.63 bits per heavy atom. The van der Waals surface area contributed by atoms with E-state index < -0.39 is 5.97 Å². The fourth-order valence-electron chi connectivity index (χ4n) is 2.40. The number of hydrogen-bond donors (Lipinski definition) is 1. The van der Waals surface area contributed by atoms with Gasteiger partial charge in [0.05, 0.1) is 12.0 Å². The monoisotopic (exact) mass is 278 g/mol. The van der Waals surface area contributed by atoms with Crippen molar-refractivity contribution in [2.75, 3.05) is 6.54 Å². The Hall–Kier alpha value is -1.66. The SMILES string of the molecule is O=C(O)C1CCCN1Cc1csc(-c2ccoc2)n1. The number of carboxylic acid groups (broad SMARTS) is 1. The van der Waals surface area contributed by atoms with E-state index in [0.717, 1.165) is 35.7 Å². The fraction of sp³-hybridized carbons (Fsp3) is 0.385. The highest BCUT2D eigenvalue weighted by Crippen LogP contribution is 2.26. The van der Waals surface area contributed by atoms with Crippen LogP contribution in [-0.4, -0.2) is 33.5 Å². The zero-order valence-corrected chi connectivity index (χ0v) is 11.1. The molecule has 0 spiro atoms. The van der Waals surface area contributed by atoms with Gasteiger partial charge in [-0.3, -0.25) is 9.69 Å². The van der Waals surface area contributed by atoms with Crippen LogP contribution in [0.5, 0.6) is 0 Å². The van der Waals surface area contributed by atoms with Gasteiger partial charge in [-0.25, -0.2) is 4.98 Å². The highest BCUT2D eigenvalue weighted by atomic mass is 32.1. The zero-order valence-electron chi connectivity index (χ0n) is 10.3. The zero-order chi connectivity index (χ0) is 13.2. The standard InChI is InChI=1S/C13H14N2O3S/c16-13(17)11-2-1-4-15(11)6-10-8-19-12(14-10)9-3-5-18-7-9/h3,5,7-8,11H,1-2,4,6H2,(H,16,17). The molecule has 2 aromatic heterocycles. The van der Waals surface area contributed by atoms with Crippen LogP contribution in [0.1, 0.15) is 18.5 Å². The van der Waals surface area contributed by atoms with Crippen LogP contribution in [0.4, 0.5) is 0 Å². The molecule has 1 aliphatic rings. The summed E-state index contributed by atoms with van der Waals surface area (Å²) in [5, 5.41) is 12.0. The maximum atomic E-state index is 11.1. The van der Waals surface area contributed by atoms with Gasteiger partial charge in [0.1, 0.15) is 17.3 Å². The van der Waals surface area contributed by atoms with E-state index in [9.17, 15) is 4.79 Å². The first kappa shape index (κ1) is 12.4. The molecule has 1 N–H and O–H groups in total. The number of aliphatic carboxylic acids is 1. The van der Waals surface area contributed by atoms with Crippen LogP contribution in [0, 0.1) is 0 Å². The van der Waals surface area contributed by atoms with Crippen molar-refractivity contribution in [2.45, 2.75) is 25.4 Å². The van der Waals surface area contributed by atoms with Crippen LogP contribution >= 0.6 is 11.3 Å². The number of thiazole rings is 1. The third-order valence-corrected chi connectivity index (χ3v) is 4.27. The molecule has 5 nitrogen and oxygen atoms in total. The first-order valence-electron chi connectivity index (χ1n) is 6.18. The van der Waals surface area contributed by atoms with Gasteiger partial charge in [-0.05, 0) is 25.5 Å². The number of furan rings is 1. The second-order valence-corrected chi connectivity index (χ2v) is 5.48. The average molecular weight is 278 g/mol. The number of carboxylic acids is 1. The molecule has 19 heavy (non-hydrogen) atoms. The van der Waals surface area contributed by atoms with E-state index >= 15 is 0 Å². The number of nitrogens with zero attached hydrogens (tertiary/aromatic N) is 2. The highest BCUT2D eigenvalue weighted by Gasteiger charge is 2.30. The number of rotatable bonds is 4. The van der Waals surface area contributed by atoms with Crippen molar-refractivity contribution in [3.05, 3.63) is 29.7 Å². The van der Waals surface area contributed by atoms with Gasteiger partial charge in [-0.15, -0.1) is 11.3 Å². The quantitative estimate of drug-likeness (QED) is 0.930. The second-order valence-electron chi connectivity index (χ2n) is 4.62. The van der Waals surface area contributed by atoms with E-state index in [1.54, 1.807) is 23.9 Å². The molecule has 1 saturated heterocycles. The van der Waals surface area contributed by atoms with E-state index in [0.29, 0.717) is 6.54 Å². The Balaban J connectivity index is 1.72. The summed E-state index contributed by atoms with van der Waals surface area (Å²) in [7, 11) is 0. The minimum absolute atomic E-state index is 0.362. The van der Waals surface area contributed by atoms with Crippen LogP contribution in [0.3, 0.4) is 0 Å². The molecule has 100 valence electrons. The number of hydrogen-bond acceptors (Lipinski definition) is 5. The molecular weight excluding hydrogens is 264 g/mol. The molecule has 3 rings (SSSR count). The maximum absolute atomic E-state index is 11.1. The molecule has 0 aliphatic carbocycles. The smallest absolute Gasteiger partial charge is 0.320 e. The molecule has 1 fully saturated rings. The van der Waals surface area contributed by atoms with Crippen molar-refractivity contribution in [3.63, 3.8) is 0 Å². The third kappa shape index (κ3) is 2.54. The van der Waals surface area contributed by atoms with Gasteiger partial charge in [0.2, 0.25) is 0 Å². The minimum Gasteiger partial charge on any atom is -0.480 e. The lowest BCUT2D eigenvalue weighted by atomic mass is 10.2. The van der Waals surface area contributed by atoms with Crippen LogP contribution < -0.4 is 0 Å². The molecule has 0 saturated carbocycles. The predicted molar refractivity (Wildman–Crippen MR) is 70.9 cm³/mol. The van der Waals surface area contributed by atoms with Crippen molar-refractivity contribution in [2.24, 2.45) is 0 Å². The number of carbonyl (C=O) groups is 1. The van der Waals surface area contributed by atoms with Crippen molar-refractivity contribution < 1.29 is 14.3 Å². The largest absolute Gasteiger partial charge is 0.480 e. The van der Waals surface area contributed by atoms with Crippen LogP contribution in [0.15, 0.2) is 28.4 Å². The highest BCUT2D eigenvalue weighted by molar-refractivity contribution is 7.13. The molecule has 0 bridgehead atoms. The molecule has 2 aromatic rings. The fourth-order valence-corrected chi connectivity index (χ4v) is 3.20. The normalized spacial score (nSPS) is 19.9. The summed E-state index contributed by atoms with van der Waals surface area (Å²) in [6.45, 7) is 1.43. The van der Waals surface area contributed by atoms with E-state index in [1.807, 2.05) is 16.3 Å². The van der Waals surface area contributed by atoms with Crippen molar-refractivity contribution in [3.8, 4) is 10.6 Å². The Kier molecular flexibility index (Phi) is 3.35. The topological polar surface area (TPSA) is 66.6 Å². The van der Waals surface area contributed by atoms with Crippen LogP contribution in [0.2, 0.25) is 0 Å². The molecule has 6 heteroatoms. The Bertz CT molecular complexity index is 564.